The molecule has 3 rings (SSSR count). The van der Waals surface area contributed by atoms with E-state index in [1.54, 1.807) is 11.3 Å². The van der Waals surface area contributed by atoms with Crippen LogP contribution in [-0.2, 0) is 16.4 Å². The van der Waals surface area contributed by atoms with E-state index < -0.39 is 9.84 Å². The zero-order valence-electron chi connectivity index (χ0n) is 14.0. The molecule has 136 valence electrons. The van der Waals surface area contributed by atoms with Crippen LogP contribution >= 0.6 is 35.3 Å². The maximum atomic E-state index is 11.5. The average Bonchev–Trinajstić information content (AvgIpc) is 3.14. The Morgan fingerprint density at radius 3 is 2.62 bits per heavy atom. The highest BCUT2D eigenvalue weighted by Crippen LogP contribution is 2.20. The molecule has 0 radical (unpaired) electrons. The molecule has 1 aromatic rings. The molecule has 0 amide bonds. The fourth-order valence-corrected chi connectivity index (χ4v) is 5.44. The number of nitrogens with one attached hydrogen (secondary N) is 2. The molecular weight excluding hydrogens is 459 g/mol. The van der Waals surface area contributed by atoms with Crippen LogP contribution in [0.2, 0.25) is 0 Å². The minimum absolute atomic E-state index is 0. The van der Waals surface area contributed by atoms with Gasteiger partial charge in [0, 0.05) is 17.5 Å². The van der Waals surface area contributed by atoms with Gasteiger partial charge in [-0.1, -0.05) is 0 Å². The number of aryl methyl sites for hydroxylation is 2. The Hall–Kier alpha value is -0.420. The Balaban J connectivity index is 0.00000208. The normalized spacial score (nSPS) is 22.9. The minimum atomic E-state index is -2.82. The summed E-state index contributed by atoms with van der Waals surface area (Å²) >= 11 is 1.68. The summed E-state index contributed by atoms with van der Waals surface area (Å²) in [5.74, 6) is 1.60. The summed E-state index contributed by atoms with van der Waals surface area (Å²) < 4.78 is 23.1. The fraction of sp³-hybridized carbons (Fsp3) is 0.733. The molecule has 2 N–H and O–H groups in total. The Morgan fingerprint density at radius 2 is 2.08 bits per heavy atom. The van der Waals surface area contributed by atoms with Crippen LogP contribution < -0.4 is 10.6 Å². The van der Waals surface area contributed by atoms with Gasteiger partial charge in [0.05, 0.1) is 28.8 Å². The molecule has 0 aromatic carbocycles. The third kappa shape index (κ3) is 5.83. The van der Waals surface area contributed by atoms with Gasteiger partial charge in [0.2, 0.25) is 0 Å². The molecule has 2 aliphatic rings. The van der Waals surface area contributed by atoms with Crippen molar-refractivity contribution in [2.45, 2.75) is 45.7 Å². The number of halogens is 1. The predicted octanol–water partition coefficient (Wildman–Crippen LogP) is 2.01. The van der Waals surface area contributed by atoms with Crippen molar-refractivity contribution < 1.29 is 8.42 Å². The van der Waals surface area contributed by atoms with Gasteiger partial charge in [-0.2, -0.15) is 0 Å². The van der Waals surface area contributed by atoms with E-state index in [4.69, 9.17) is 0 Å². The van der Waals surface area contributed by atoms with E-state index >= 15 is 0 Å². The van der Waals surface area contributed by atoms with E-state index in [1.807, 2.05) is 13.8 Å². The number of hydrogen-bond donors (Lipinski definition) is 2. The first-order valence-electron chi connectivity index (χ1n) is 8.09. The summed E-state index contributed by atoms with van der Waals surface area (Å²) in [7, 11) is -2.82. The number of thiazole rings is 1. The molecule has 1 unspecified atom stereocenters. The van der Waals surface area contributed by atoms with E-state index in [2.05, 4.69) is 20.6 Å². The van der Waals surface area contributed by atoms with Crippen LogP contribution in [-0.4, -0.2) is 43.5 Å². The van der Waals surface area contributed by atoms with Gasteiger partial charge in [0.15, 0.2) is 15.8 Å². The fourth-order valence-electron chi connectivity index (χ4n) is 2.72. The minimum Gasteiger partial charge on any atom is -0.356 e. The molecule has 6 nitrogen and oxygen atoms in total. The first kappa shape index (κ1) is 19.9. The molecule has 1 saturated heterocycles. The first-order valence-corrected chi connectivity index (χ1v) is 10.7. The zero-order chi connectivity index (χ0) is 16.4. The van der Waals surface area contributed by atoms with Crippen molar-refractivity contribution in [2.24, 2.45) is 10.9 Å². The first-order chi connectivity index (χ1) is 10.9. The summed E-state index contributed by atoms with van der Waals surface area (Å²) in [6.45, 7) is 5.30. The summed E-state index contributed by atoms with van der Waals surface area (Å²) in [6, 6.07) is 0.512. The van der Waals surface area contributed by atoms with Crippen molar-refractivity contribution >= 4 is 51.1 Å². The smallest absolute Gasteiger partial charge is 0.191 e. The van der Waals surface area contributed by atoms with Crippen LogP contribution in [0.4, 0.5) is 0 Å². The van der Waals surface area contributed by atoms with Gasteiger partial charge < -0.3 is 10.6 Å². The van der Waals surface area contributed by atoms with Crippen molar-refractivity contribution in [1.82, 2.24) is 15.6 Å². The van der Waals surface area contributed by atoms with Crippen molar-refractivity contribution in [3.05, 3.63) is 15.6 Å². The van der Waals surface area contributed by atoms with Crippen LogP contribution in [0.3, 0.4) is 0 Å². The molecule has 1 saturated carbocycles. The van der Waals surface area contributed by atoms with Crippen molar-refractivity contribution in [2.75, 3.05) is 18.1 Å². The van der Waals surface area contributed by atoms with E-state index in [1.165, 1.54) is 17.7 Å². The highest BCUT2D eigenvalue weighted by molar-refractivity contribution is 14.0. The van der Waals surface area contributed by atoms with Gasteiger partial charge in [-0.15, -0.1) is 35.3 Å². The summed E-state index contributed by atoms with van der Waals surface area (Å²) in [6.07, 6.45) is 3.10. The summed E-state index contributed by atoms with van der Waals surface area (Å²) in [5.41, 5.74) is 1.05. The Bertz CT molecular complexity index is 698. The van der Waals surface area contributed by atoms with Crippen LogP contribution in [0.1, 0.15) is 34.8 Å². The van der Waals surface area contributed by atoms with Gasteiger partial charge in [-0.25, -0.2) is 18.4 Å². The topological polar surface area (TPSA) is 83.5 Å². The van der Waals surface area contributed by atoms with E-state index in [0.29, 0.717) is 30.6 Å². The molecule has 2 fully saturated rings. The van der Waals surface area contributed by atoms with Crippen LogP contribution in [0.25, 0.3) is 0 Å². The number of nitrogens with zero attached hydrogens (tertiary/aromatic N) is 2. The number of sulfone groups is 1. The highest BCUT2D eigenvalue weighted by Gasteiger charge is 2.28. The number of guanidine groups is 1. The Morgan fingerprint density at radius 1 is 1.33 bits per heavy atom. The second-order valence-corrected chi connectivity index (χ2v) is 9.99. The lowest BCUT2D eigenvalue weighted by atomic mass is 10.1. The second-order valence-electron chi connectivity index (χ2n) is 6.47. The number of aromatic nitrogens is 1. The maximum absolute atomic E-state index is 11.5. The molecule has 9 heteroatoms. The molecule has 0 bridgehead atoms. The van der Waals surface area contributed by atoms with Crippen molar-refractivity contribution in [3.63, 3.8) is 0 Å². The quantitative estimate of drug-likeness (QED) is 0.380. The SMILES string of the molecule is Cc1nc(C)c(CN=C(NCC2CCS(=O)(=O)C2)NC2CC2)s1.I. The highest BCUT2D eigenvalue weighted by atomic mass is 127. The van der Waals surface area contributed by atoms with Gasteiger partial charge in [-0.05, 0) is 39.0 Å². The predicted molar refractivity (Wildman–Crippen MR) is 109 cm³/mol. The van der Waals surface area contributed by atoms with Crippen LogP contribution in [0.15, 0.2) is 4.99 Å². The second kappa shape index (κ2) is 8.31. The Kier molecular flexibility index (Phi) is 6.89. The molecule has 1 aromatic heterocycles. The van der Waals surface area contributed by atoms with Gasteiger partial charge in [0.1, 0.15) is 0 Å². The maximum Gasteiger partial charge on any atom is 0.191 e. The largest absolute Gasteiger partial charge is 0.356 e. The molecule has 24 heavy (non-hydrogen) atoms. The van der Waals surface area contributed by atoms with Gasteiger partial charge >= 0.3 is 0 Å². The van der Waals surface area contributed by atoms with Gasteiger partial charge in [-0.3, -0.25) is 0 Å². The van der Waals surface area contributed by atoms with E-state index in [9.17, 15) is 8.42 Å². The molecular formula is C15H25IN4O2S2. The van der Waals surface area contributed by atoms with Crippen LogP contribution in [0.5, 0.6) is 0 Å². The van der Waals surface area contributed by atoms with Crippen molar-refractivity contribution in [1.29, 1.82) is 0 Å². The van der Waals surface area contributed by atoms with E-state index in [-0.39, 0.29) is 29.9 Å². The lowest BCUT2D eigenvalue weighted by Crippen LogP contribution is -2.41. The monoisotopic (exact) mass is 484 g/mol. The third-order valence-electron chi connectivity index (χ3n) is 4.18. The number of hydrogen-bond acceptors (Lipinski definition) is 5. The lowest BCUT2D eigenvalue weighted by Gasteiger charge is -2.14. The van der Waals surface area contributed by atoms with Crippen molar-refractivity contribution in [3.8, 4) is 0 Å². The summed E-state index contributed by atoms with van der Waals surface area (Å²) in [4.78, 5) is 10.3. The number of aliphatic imine (C=N–C) groups is 1. The van der Waals surface area contributed by atoms with Gasteiger partial charge in [0.25, 0.3) is 0 Å². The Labute approximate surface area is 164 Å². The number of rotatable bonds is 5. The molecule has 0 spiro atoms. The molecule has 1 aliphatic carbocycles. The standard InChI is InChI=1S/C15H24N4O2S2.HI/c1-10-14(22-11(2)18-10)8-17-15(19-13-3-4-13)16-7-12-5-6-23(20,21)9-12;/h12-13H,3-9H2,1-2H3,(H2,16,17,19);1H. The molecule has 2 heterocycles. The average molecular weight is 484 g/mol. The third-order valence-corrected chi connectivity index (χ3v) is 7.08. The molecule has 1 aliphatic heterocycles. The molecule has 1 atom stereocenters. The lowest BCUT2D eigenvalue weighted by molar-refractivity contribution is 0.566. The zero-order valence-corrected chi connectivity index (χ0v) is 18.0. The van der Waals surface area contributed by atoms with E-state index in [0.717, 1.165) is 23.1 Å². The summed E-state index contributed by atoms with van der Waals surface area (Å²) in [5, 5.41) is 7.80. The van der Waals surface area contributed by atoms with Crippen LogP contribution in [0, 0.1) is 19.8 Å².